The van der Waals surface area contributed by atoms with E-state index in [4.69, 9.17) is 5.11 Å². The predicted octanol–water partition coefficient (Wildman–Crippen LogP) is 1.09. The monoisotopic (exact) mass is 351 g/mol. The Morgan fingerprint density at radius 2 is 1.96 bits per heavy atom. The van der Waals surface area contributed by atoms with Gasteiger partial charge in [0.15, 0.2) is 9.84 Å². The van der Waals surface area contributed by atoms with Crippen LogP contribution in [0.15, 0.2) is 18.2 Å². The number of hydrogen-bond donors (Lipinski definition) is 1. The summed E-state index contributed by atoms with van der Waals surface area (Å²) in [6.07, 6.45) is -2.92. The average Bonchev–Trinajstić information content (AvgIpc) is 2.45. The average molecular weight is 351 g/mol. The summed E-state index contributed by atoms with van der Waals surface area (Å²) < 4.78 is 61.8. The van der Waals surface area contributed by atoms with Crippen LogP contribution in [0.3, 0.4) is 0 Å². The first kappa shape index (κ1) is 17.3. The molecule has 1 unspecified atom stereocenters. The van der Waals surface area contributed by atoms with Gasteiger partial charge in [-0.25, -0.2) is 26.4 Å². The van der Waals surface area contributed by atoms with Gasteiger partial charge in [-0.2, -0.15) is 0 Å². The SMILES string of the molecule is O=C(O)C1CS(=O)(=O)CCN1C(=O)c1ccc(C(F)F)cc1F. The number of carboxylic acid groups (broad SMARTS) is 1. The Hall–Kier alpha value is -2.10. The van der Waals surface area contributed by atoms with Crippen LogP contribution < -0.4 is 0 Å². The van der Waals surface area contributed by atoms with Crippen LogP contribution in [-0.4, -0.2) is 54.4 Å². The molecular formula is C13H12F3NO5S. The minimum Gasteiger partial charge on any atom is -0.480 e. The lowest BCUT2D eigenvalue weighted by atomic mass is 10.1. The zero-order valence-corrected chi connectivity index (χ0v) is 12.4. The van der Waals surface area contributed by atoms with Crippen molar-refractivity contribution in [2.24, 2.45) is 0 Å². The van der Waals surface area contributed by atoms with E-state index < -0.39 is 69.2 Å². The molecule has 1 heterocycles. The van der Waals surface area contributed by atoms with Crippen molar-refractivity contribution in [1.82, 2.24) is 4.90 Å². The molecule has 1 atom stereocenters. The van der Waals surface area contributed by atoms with Gasteiger partial charge in [-0.15, -0.1) is 0 Å². The van der Waals surface area contributed by atoms with E-state index in [0.717, 1.165) is 17.0 Å². The second-order valence-electron chi connectivity index (χ2n) is 5.01. The number of sulfone groups is 1. The lowest BCUT2D eigenvalue weighted by Gasteiger charge is -2.32. The van der Waals surface area contributed by atoms with Gasteiger partial charge in [0.25, 0.3) is 12.3 Å². The highest BCUT2D eigenvalue weighted by atomic mass is 32.2. The van der Waals surface area contributed by atoms with E-state index in [-0.39, 0.29) is 0 Å². The van der Waals surface area contributed by atoms with Crippen LogP contribution in [0, 0.1) is 5.82 Å². The van der Waals surface area contributed by atoms with Crippen LogP contribution >= 0.6 is 0 Å². The molecule has 1 aromatic rings. The van der Waals surface area contributed by atoms with Gasteiger partial charge in [-0.3, -0.25) is 4.79 Å². The third kappa shape index (κ3) is 3.63. The highest BCUT2D eigenvalue weighted by molar-refractivity contribution is 7.91. The van der Waals surface area contributed by atoms with Gasteiger partial charge in [-0.05, 0) is 12.1 Å². The number of halogens is 3. The molecule has 6 nitrogen and oxygen atoms in total. The number of nitrogens with zero attached hydrogens (tertiary/aromatic N) is 1. The maximum absolute atomic E-state index is 13.8. The van der Waals surface area contributed by atoms with Crippen LogP contribution in [0.1, 0.15) is 22.3 Å². The predicted molar refractivity (Wildman–Crippen MR) is 72.5 cm³/mol. The Kier molecular flexibility index (Phi) is 4.64. The number of alkyl halides is 2. The molecule has 0 spiro atoms. The summed E-state index contributed by atoms with van der Waals surface area (Å²) >= 11 is 0. The Morgan fingerprint density at radius 1 is 1.30 bits per heavy atom. The summed E-state index contributed by atoms with van der Waals surface area (Å²) in [5.74, 6) is -5.02. The molecule has 1 aliphatic heterocycles. The zero-order chi connectivity index (χ0) is 17.4. The molecule has 23 heavy (non-hydrogen) atoms. The van der Waals surface area contributed by atoms with Crippen molar-refractivity contribution < 1.29 is 36.3 Å². The normalized spacial score (nSPS) is 20.5. The third-order valence-corrected chi connectivity index (χ3v) is 5.08. The molecule has 1 N–H and O–H groups in total. The number of rotatable bonds is 3. The fourth-order valence-electron chi connectivity index (χ4n) is 2.25. The van der Waals surface area contributed by atoms with Gasteiger partial charge < -0.3 is 10.0 Å². The molecule has 10 heteroatoms. The smallest absolute Gasteiger partial charge is 0.327 e. The summed E-state index contributed by atoms with van der Waals surface area (Å²) in [4.78, 5) is 24.2. The molecule has 0 aliphatic carbocycles. The molecule has 1 amide bonds. The minimum atomic E-state index is -3.62. The maximum atomic E-state index is 13.8. The molecule has 126 valence electrons. The van der Waals surface area contributed by atoms with Crippen molar-refractivity contribution in [1.29, 1.82) is 0 Å². The van der Waals surface area contributed by atoms with Crippen LogP contribution in [0.2, 0.25) is 0 Å². The molecule has 0 saturated carbocycles. The van der Waals surface area contributed by atoms with E-state index in [2.05, 4.69) is 0 Å². The summed E-state index contributed by atoms with van der Waals surface area (Å²) in [5, 5.41) is 9.07. The first-order valence-electron chi connectivity index (χ1n) is 6.44. The standard InChI is InChI=1S/C13H12F3NO5S/c14-9-5-7(11(15)16)1-2-8(9)12(18)17-3-4-23(21,22)6-10(17)13(19)20/h1-2,5,10-11H,3-4,6H2,(H,19,20). The molecule has 1 aliphatic rings. The number of benzene rings is 1. The summed E-state index contributed by atoms with van der Waals surface area (Å²) in [7, 11) is -3.62. The highest BCUT2D eigenvalue weighted by Crippen LogP contribution is 2.23. The van der Waals surface area contributed by atoms with Gasteiger partial charge in [0.05, 0.1) is 17.1 Å². The van der Waals surface area contributed by atoms with Gasteiger partial charge in [0, 0.05) is 12.1 Å². The summed E-state index contributed by atoms with van der Waals surface area (Å²) in [6, 6.07) is 0.544. The van der Waals surface area contributed by atoms with Gasteiger partial charge in [0.1, 0.15) is 11.9 Å². The van der Waals surface area contributed by atoms with Crippen LogP contribution in [0.4, 0.5) is 13.2 Å². The second kappa shape index (κ2) is 6.19. The lowest BCUT2D eigenvalue weighted by Crippen LogP contribution is -2.54. The van der Waals surface area contributed by atoms with Gasteiger partial charge in [-0.1, -0.05) is 6.07 Å². The van der Waals surface area contributed by atoms with E-state index >= 15 is 0 Å². The first-order valence-corrected chi connectivity index (χ1v) is 8.26. The van der Waals surface area contributed by atoms with E-state index in [1.54, 1.807) is 0 Å². The molecule has 1 saturated heterocycles. The van der Waals surface area contributed by atoms with Crippen molar-refractivity contribution in [2.45, 2.75) is 12.5 Å². The minimum absolute atomic E-state index is 0.409. The molecule has 0 aromatic heterocycles. The zero-order valence-electron chi connectivity index (χ0n) is 11.6. The molecule has 0 bridgehead atoms. The van der Waals surface area contributed by atoms with Crippen molar-refractivity contribution in [3.63, 3.8) is 0 Å². The second-order valence-corrected chi connectivity index (χ2v) is 7.24. The fraction of sp³-hybridized carbons (Fsp3) is 0.385. The van der Waals surface area contributed by atoms with E-state index in [9.17, 15) is 31.2 Å². The number of carboxylic acids is 1. The van der Waals surface area contributed by atoms with Crippen LogP contribution in [0.5, 0.6) is 0 Å². The number of hydrogen-bond acceptors (Lipinski definition) is 4. The summed E-state index contributed by atoms with van der Waals surface area (Å²) in [6.45, 7) is -0.409. The third-order valence-electron chi connectivity index (χ3n) is 3.45. The summed E-state index contributed by atoms with van der Waals surface area (Å²) in [5.41, 5.74) is -1.20. The molecule has 1 aromatic carbocycles. The molecule has 0 radical (unpaired) electrons. The fourth-order valence-corrected chi connectivity index (χ4v) is 3.70. The molecule has 1 fully saturated rings. The van der Waals surface area contributed by atoms with Gasteiger partial charge in [0.2, 0.25) is 0 Å². The number of amides is 1. The number of aliphatic carboxylic acids is 1. The molecular weight excluding hydrogens is 339 g/mol. The Labute approximate surface area is 129 Å². The first-order chi connectivity index (χ1) is 10.6. The largest absolute Gasteiger partial charge is 0.480 e. The van der Waals surface area contributed by atoms with E-state index in [1.165, 1.54) is 0 Å². The van der Waals surface area contributed by atoms with Crippen molar-refractivity contribution in [3.05, 3.63) is 35.1 Å². The van der Waals surface area contributed by atoms with Gasteiger partial charge >= 0.3 is 5.97 Å². The lowest BCUT2D eigenvalue weighted by molar-refractivity contribution is -0.141. The Morgan fingerprint density at radius 3 is 2.48 bits per heavy atom. The molecule has 2 rings (SSSR count). The number of carbonyl (C=O) groups is 2. The van der Waals surface area contributed by atoms with Crippen molar-refractivity contribution in [2.75, 3.05) is 18.1 Å². The Bertz CT molecular complexity index is 750. The topological polar surface area (TPSA) is 91.8 Å². The quantitative estimate of drug-likeness (QED) is 0.880. The Balaban J connectivity index is 2.34. The van der Waals surface area contributed by atoms with Crippen LogP contribution in [-0.2, 0) is 14.6 Å². The van der Waals surface area contributed by atoms with Crippen molar-refractivity contribution >= 4 is 21.7 Å². The highest BCUT2D eigenvalue weighted by Gasteiger charge is 2.39. The van der Waals surface area contributed by atoms with E-state index in [1.807, 2.05) is 0 Å². The van der Waals surface area contributed by atoms with Crippen LogP contribution in [0.25, 0.3) is 0 Å². The maximum Gasteiger partial charge on any atom is 0.327 e. The van der Waals surface area contributed by atoms with E-state index in [0.29, 0.717) is 6.07 Å². The number of carbonyl (C=O) groups excluding carboxylic acids is 1. The van der Waals surface area contributed by atoms with Crippen molar-refractivity contribution in [3.8, 4) is 0 Å².